The number of para-hydroxylation sites is 1. The van der Waals surface area contributed by atoms with Crippen molar-refractivity contribution in [3.05, 3.63) is 64.2 Å². The minimum atomic E-state index is -4.07. The van der Waals surface area contributed by atoms with Crippen LogP contribution in [0.1, 0.15) is 12.5 Å². The van der Waals surface area contributed by atoms with Crippen LogP contribution in [-0.2, 0) is 21.2 Å². The Morgan fingerprint density at radius 3 is 2.69 bits per heavy atom. The highest BCUT2D eigenvalue weighted by molar-refractivity contribution is 7.89. The lowest BCUT2D eigenvalue weighted by Crippen LogP contribution is -2.46. The Kier molecular flexibility index (Phi) is 4.75. The van der Waals surface area contributed by atoms with Crippen LogP contribution in [0.15, 0.2) is 53.4 Å². The number of sulfonamides is 1. The number of non-ortho nitro benzene ring substituents is 1. The van der Waals surface area contributed by atoms with Crippen molar-refractivity contribution in [3.8, 4) is 0 Å². The lowest BCUT2D eigenvalue weighted by molar-refractivity contribution is -0.385. The van der Waals surface area contributed by atoms with Crippen LogP contribution < -0.4 is 9.62 Å². The number of benzene rings is 2. The van der Waals surface area contributed by atoms with Gasteiger partial charge in [0.25, 0.3) is 5.69 Å². The van der Waals surface area contributed by atoms with Gasteiger partial charge in [-0.3, -0.25) is 14.9 Å². The molecule has 8 nitrogen and oxygen atoms in total. The number of hydrogen-bond acceptors (Lipinski definition) is 5. The van der Waals surface area contributed by atoms with Crippen molar-refractivity contribution < 1.29 is 18.1 Å². The van der Waals surface area contributed by atoms with Gasteiger partial charge in [-0.05, 0) is 31.0 Å². The lowest BCUT2D eigenvalue weighted by Gasteiger charge is -2.22. The van der Waals surface area contributed by atoms with E-state index in [2.05, 4.69) is 4.72 Å². The summed E-state index contributed by atoms with van der Waals surface area (Å²) in [6, 6.07) is 11.2. The molecule has 1 N–H and O–H groups in total. The van der Waals surface area contributed by atoms with E-state index in [-0.39, 0.29) is 16.5 Å². The zero-order valence-corrected chi connectivity index (χ0v) is 14.8. The van der Waals surface area contributed by atoms with E-state index in [1.807, 2.05) is 24.3 Å². The van der Waals surface area contributed by atoms with Crippen LogP contribution >= 0.6 is 0 Å². The summed E-state index contributed by atoms with van der Waals surface area (Å²) in [7, 11) is -4.07. The summed E-state index contributed by atoms with van der Waals surface area (Å²) >= 11 is 0. The summed E-state index contributed by atoms with van der Waals surface area (Å²) in [5, 5.41) is 10.8. The SMILES string of the molecule is C[C@@H](NS(=O)(=O)c1cccc([N+](=O)[O-])c1)C(=O)N1CCc2ccccc21. The van der Waals surface area contributed by atoms with Crippen LogP contribution in [0.4, 0.5) is 11.4 Å². The number of anilines is 1. The fraction of sp³-hybridized carbons (Fsp3) is 0.235. The van der Waals surface area contributed by atoms with Gasteiger partial charge >= 0.3 is 0 Å². The number of carbonyl (C=O) groups is 1. The molecular formula is C17H17N3O5S. The van der Waals surface area contributed by atoms with E-state index in [4.69, 9.17) is 0 Å². The third-order valence-corrected chi connectivity index (χ3v) is 5.73. The zero-order chi connectivity index (χ0) is 18.9. The second-order valence-corrected chi connectivity index (χ2v) is 7.68. The molecule has 0 aliphatic carbocycles. The predicted molar refractivity (Wildman–Crippen MR) is 95.4 cm³/mol. The number of amides is 1. The van der Waals surface area contributed by atoms with E-state index in [9.17, 15) is 23.3 Å². The highest BCUT2D eigenvalue weighted by Crippen LogP contribution is 2.28. The largest absolute Gasteiger partial charge is 0.310 e. The molecule has 26 heavy (non-hydrogen) atoms. The van der Waals surface area contributed by atoms with E-state index in [0.29, 0.717) is 13.0 Å². The zero-order valence-electron chi connectivity index (χ0n) is 14.0. The third kappa shape index (κ3) is 3.44. The predicted octanol–water partition coefficient (Wildman–Crippen LogP) is 1.85. The molecule has 2 aromatic carbocycles. The highest BCUT2D eigenvalue weighted by Gasteiger charge is 2.30. The van der Waals surface area contributed by atoms with Crippen LogP contribution in [0, 0.1) is 10.1 Å². The maximum Gasteiger partial charge on any atom is 0.270 e. The van der Waals surface area contributed by atoms with E-state index < -0.39 is 21.0 Å². The molecule has 0 fully saturated rings. The number of nitrogens with zero attached hydrogens (tertiary/aromatic N) is 2. The molecule has 1 amide bonds. The Morgan fingerprint density at radius 1 is 1.23 bits per heavy atom. The monoisotopic (exact) mass is 375 g/mol. The standard InChI is InChI=1S/C17H17N3O5S/c1-12(17(21)19-10-9-13-5-2-3-8-16(13)19)18-26(24,25)15-7-4-6-14(11-15)20(22)23/h2-8,11-12,18H,9-10H2,1H3/t12-/m1/s1. The fourth-order valence-corrected chi connectivity index (χ4v) is 4.15. The molecule has 0 saturated heterocycles. The summed E-state index contributed by atoms with van der Waals surface area (Å²) in [4.78, 5) is 24.1. The Balaban J connectivity index is 1.79. The minimum absolute atomic E-state index is 0.256. The summed E-state index contributed by atoms with van der Waals surface area (Å²) in [6.45, 7) is 1.94. The Labute approximate surface area is 150 Å². The molecule has 1 aliphatic rings. The molecule has 0 aromatic heterocycles. The molecule has 9 heteroatoms. The van der Waals surface area contributed by atoms with Crippen LogP contribution in [0.25, 0.3) is 0 Å². The number of hydrogen-bond donors (Lipinski definition) is 1. The molecule has 136 valence electrons. The first kappa shape index (κ1) is 18.0. The smallest absolute Gasteiger partial charge is 0.270 e. The molecule has 0 radical (unpaired) electrons. The van der Waals surface area contributed by atoms with Crippen molar-refractivity contribution in [2.24, 2.45) is 0 Å². The van der Waals surface area contributed by atoms with Crippen LogP contribution in [0.2, 0.25) is 0 Å². The molecule has 0 bridgehead atoms. The quantitative estimate of drug-likeness (QED) is 0.633. The van der Waals surface area contributed by atoms with E-state index in [1.54, 1.807) is 4.90 Å². The minimum Gasteiger partial charge on any atom is -0.310 e. The molecule has 1 heterocycles. The molecule has 2 aromatic rings. The van der Waals surface area contributed by atoms with Crippen molar-refractivity contribution in [1.29, 1.82) is 0 Å². The van der Waals surface area contributed by atoms with Gasteiger partial charge in [0.1, 0.15) is 0 Å². The van der Waals surface area contributed by atoms with Crippen molar-refractivity contribution in [3.63, 3.8) is 0 Å². The summed E-state index contributed by atoms with van der Waals surface area (Å²) in [6.07, 6.45) is 0.715. The summed E-state index contributed by atoms with van der Waals surface area (Å²) in [5.74, 6) is -0.371. The van der Waals surface area contributed by atoms with Gasteiger partial charge in [0, 0.05) is 24.4 Å². The number of nitro benzene ring substituents is 1. The van der Waals surface area contributed by atoms with Crippen LogP contribution in [0.5, 0.6) is 0 Å². The fourth-order valence-electron chi connectivity index (χ4n) is 2.92. The molecule has 0 spiro atoms. The summed E-state index contributed by atoms with van der Waals surface area (Å²) < 4.78 is 27.3. The van der Waals surface area contributed by atoms with Crippen molar-refractivity contribution >= 4 is 27.3 Å². The van der Waals surface area contributed by atoms with Gasteiger partial charge in [0.2, 0.25) is 15.9 Å². The van der Waals surface area contributed by atoms with Gasteiger partial charge in [0.15, 0.2) is 0 Å². The third-order valence-electron chi connectivity index (χ3n) is 4.19. The van der Waals surface area contributed by atoms with E-state index in [1.165, 1.54) is 25.1 Å². The second-order valence-electron chi connectivity index (χ2n) is 5.97. The Bertz CT molecular complexity index is 974. The molecule has 1 aliphatic heterocycles. The normalized spacial score (nSPS) is 14.7. The molecular weight excluding hydrogens is 358 g/mol. The van der Waals surface area contributed by atoms with Gasteiger partial charge in [-0.2, -0.15) is 4.72 Å². The van der Waals surface area contributed by atoms with Crippen LogP contribution in [0.3, 0.4) is 0 Å². The maximum absolute atomic E-state index is 12.7. The number of fused-ring (bicyclic) bond motifs is 1. The maximum atomic E-state index is 12.7. The van der Waals surface area contributed by atoms with E-state index in [0.717, 1.165) is 17.3 Å². The molecule has 3 rings (SSSR count). The van der Waals surface area contributed by atoms with Gasteiger partial charge in [0.05, 0.1) is 15.9 Å². The first-order valence-corrected chi connectivity index (χ1v) is 9.44. The highest BCUT2D eigenvalue weighted by atomic mass is 32.2. The second kappa shape index (κ2) is 6.85. The topological polar surface area (TPSA) is 110 Å². The van der Waals surface area contributed by atoms with Crippen LogP contribution in [-0.4, -0.2) is 31.8 Å². The number of nitro groups is 1. The van der Waals surface area contributed by atoms with E-state index >= 15 is 0 Å². The Hall–Kier alpha value is -2.78. The first-order chi connectivity index (χ1) is 12.3. The van der Waals surface area contributed by atoms with Crippen molar-refractivity contribution in [2.45, 2.75) is 24.3 Å². The average molecular weight is 375 g/mol. The average Bonchev–Trinajstić information content (AvgIpc) is 3.04. The molecule has 0 unspecified atom stereocenters. The molecule has 1 atom stereocenters. The van der Waals surface area contributed by atoms with Gasteiger partial charge in [-0.15, -0.1) is 0 Å². The van der Waals surface area contributed by atoms with Gasteiger partial charge < -0.3 is 4.90 Å². The molecule has 0 saturated carbocycles. The van der Waals surface area contributed by atoms with Crippen molar-refractivity contribution in [1.82, 2.24) is 4.72 Å². The Morgan fingerprint density at radius 2 is 1.96 bits per heavy atom. The van der Waals surface area contributed by atoms with Crippen molar-refractivity contribution in [2.75, 3.05) is 11.4 Å². The summed E-state index contributed by atoms with van der Waals surface area (Å²) in [5.41, 5.74) is 1.48. The lowest BCUT2D eigenvalue weighted by atomic mass is 10.2. The van der Waals surface area contributed by atoms with Gasteiger partial charge in [-0.25, -0.2) is 8.42 Å². The number of carbonyl (C=O) groups excluding carboxylic acids is 1. The van der Waals surface area contributed by atoms with Gasteiger partial charge in [-0.1, -0.05) is 24.3 Å². The first-order valence-electron chi connectivity index (χ1n) is 7.95. The number of rotatable bonds is 5. The number of nitrogens with one attached hydrogen (secondary N) is 1.